The molecule has 2 aromatic rings. The van der Waals surface area contributed by atoms with Gasteiger partial charge >= 0.3 is 6.18 Å². The van der Waals surface area contributed by atoms with E-state index in [9.17, 15) is 18.0 Å². The van der Waals surface area contributed by atoms with Crippen LogP contribution < -0.4 is 10.2 Å². The van der Waals surface area contributed by atoms with Crippen LogP contribution in [0.1, 0.15) is 15.9 Å². The monoisotopic (exact) mass is 350 g/mol. The maximum Gasteiger partial charge on any atom is 0.417 e. The second kappa shape index (κ2) is 7.14. The lowest BCUT2D eigenvalue weighted by Crippen LogP contribution is -2.36. The minimum Gasteiger partial charge on any atom is -0.378 e. The number of amides is 1. The predicted octanol–water partition coefficient (Wildman–Crippen LogP) is 3.79. The van der Waals surface area contributed by atoms with Crippen LogP contribution in [-0.2, 0) is 10.9 Å². The first-order chi connectivity index (χ1) is 11.9. The second-order valence-electron chi connectivity index (χ2n) is 5.65. The molecule has 3 rings (SSSR count). The van der Waals surface area contributed by atoms with Crippen LogP contribution in [0.25, 0.3) is 0 Å². The highest BCUT2D eigenvalue weighted by atomic mass is 19.4. The molecule has 1 aliphatic heterocycles. The van der Waals surface area contributed by atoms with E-state index >= 15 is 0 Å². The van der Waals surface area contributed by atoms with Crippen LogP contribution in [0, 0.1) is 0 Å². The van der Waals surface area contributed by atoms with Gasteiger partial charge in [0.15, 0.2) is 0 Å². The molecule has 2 aromatic carbocycles. The van der Waals surface area contributed by atoms with E-state index in [2.05, 4.69) is 10.2 Å². The molecular formula is C18H17F3N2O2. The number of carbonyl (C=O) groups is 1. The van der Waals surface area contributed by atoms with Gasteiger partial charge in [-0.3, -0.25) is 4.79 Å². The number of rotatable bonds is 3. The van der Waals surface area contributed by atoms with Crippen molar-refractivity contribution < 1.29 is 22.7 Å². The lowest BCUT2D eigenvalue weighted by atomic mass is 10.1. The van der Waals surface area contributed by atoms with Crippen molar-refractivity contribution >= 4 is 17.3 Å². The first-order valence-electron chi connectivity index (χ1n) is 7.85. The Bertz CT molecular complexity index is 756. The molecule has 1 N–H and O–H groups in total. The minimum absolute atomic E-state index is 0.397. The Hall–Kier alpha value is -2.54. The van der Waals surface area contributed by atoms with Crippen LogP contribution in [0.15, 0.2) is 48.5 Å². The van der Waals surface area contributed by atoms with Crippen molar-refractivity contribution in [2.45, 2.75) is 6.18 Å². The SMILES string of the molecule is O=C(Nc1cccc(N2CCOCC2)c1)c1ccccc1C(F)(F)F. The van der Waals surface area contributed by atoms with Gasteiger partial charge in [0.2, 0.25) is 0 Å². The highest BCUT2D eigenvalue weighted by Gasteiger charge is 2.34. The van der Waals surface area contributed by atoms with Gasteiger partial charge in [-0.05, 0) is 30.3 Å². The molecule has 0 unspecified atom stereocenters. The average Bonchev–Trinajstić information content (AvgIpc) is 2.62. The Morgan fingerprint density at radius 1 is 1.04 bits per heavy atom. The molecule has 0 atom stereocenters. The summed E-state index contributed by atoms with van der Waals surface area (Å²) in [7, 11) is 0. The molecule has 1 amide bonds. The third-order valence-corrected chi connectivity index (χ3v) is 3.96. The third kappa shape index (κ3) is 4.11. The van der Waals surface area contributed by atoms with E-state index in [0.717, 1.165) is 24.8 Å². The molecule has 7 heteroatoms. The zero-order valence-electron chi connectivity index (χ0n) is 13.3. The standard InChI is InChI=1S/C18H17F3N2O2/c19-18(20,21)16-7-2-1-6-15(16)17(24)22-13-4-3-5-14(12-13)23-8-10-25-11-9-23/h1-7,12H,8-11H2,(H,22,24). The molecule has 0 aromatic heterocycles. The molecule has 1 aliphatic rings. The first kappa shape index (κ1) is 17.3. The maximum atomic E-state index is 13.1. The van der Waals surface area contributed by atoms with Crippen LogP contribution in [0.5, 0.6) is 0 Å². The molecule has 0 spiro atoms. The first-order valence-corrected chi connectivity index (χ1v) is 7.85. The molecule has 0 saturated carbocycles. The fourth-order valence-electron chi connectivity index (χ4n) is 2.73. The van der Waals surface area contributed by atoms with E-state index in [-0.39, 0.29) is 0 Å². The number of morpholine rings is 1. The normalized spacial score (nSPS) is 15.1. The summed E-state index contributed by atoms with van der Waals surface area (Å²) in [6.07, 6.45) is -4.58. The van der Waals surface area contributed by atoms with Crippen molar-refractivity contribution in [2.24, 2.45) is 0 Å². The number of carbonyl (C=O) groups excluding carboxylic acids is 1. The lowest BCUT2D eigenvalue weighted by molar-refractivity contribution is -0.137. The molecule has 25 heavy (non-hydrogen) atoms. The number of benzene rings is 2. The van der Waals surface area contributed by atoms with Crippen molar-refractivity contribution in [3.8, 4) is 0 Å². The van der Waals surface area contributed by atoms with Gasteiger partial charge in [-0.2, -0.15) is 13.2 Å². The highest BCUT2D eigenvalue weighted by Crippen LogP contribution is 2.32. The van der Waals surface area contributed by atoms with Gasteiger partial charge in [0.1, 0.15) is 0 Å². The summed E-state index contributed by atoms with van der Waals surface area (Å²) < 4.78 is 44.5. The fraction of sp³-hybridized carbons (Fsp3) is 0.278. The third-order valence-electron chi connectivity index (χ3n) is 3.96. The Morgan fingerprint density at radius 3 is 2.48 bits per heavy atom. The van der Waals surface area contributed by atoms with Gasteiger partial charge in [0.25, 0.3) is 5.91 Å². The van der Waals surface area contributed by atoms with E-state index in [1.54, 1.807) is 18.2 Å². The van der Waals surface area contributed by atoms with Crippen molar-refractivity contribution in [2.75, 3.05) is 36.5 Å². The smallest absolute Gasteiger partial charge is 0.378 e. The van der Waals surface area contributed by atoms with Gasteiger partial charge in [-0.1, -0.05) is 18.2 Å². The van der Waals surface area contributed by atoms with E-state index in [4.69, 9.17) is 4.74 Å². The van der Waals surface area contributed by atoms with Gasteiger partial charge in [-0.25, -0.2) is 0 Å². The molecule has 0 radical (unpaired) electrons. The minimum atomic E-state index is -4.58. The van der Waals surface area contributed by atoms with Crippen LogP contribution >= 0.6 is 0 Å². The number of nitrogens with one attached hydrogen (secondary N) is 1. The number of hydrogen-bond donors (Lipinski definition) is 1. The molecule has 4 nitrogen and oxygen atoms in total. The van der Waals surface area contributed by atoms with E-state index in [1.807, 2.05) is 6.07 Å². The fourth-order valence-corrected chi connectivity index (χ4v) is 2.73. The molecular weight excluding hydrogens is 333 g/mol. The summed E-state index contributed by atoms with van der Waals surface area (Å²) in [5, 5.41) is 2.55. The highest BCUT2D eigenvalue weighted by molar-refractivity contribution is 6.05. The molecule has 132 valence electrons. The van der Waals surface area contributed by atoms with Crippen LogP contribution in [0.2, 0.25) is 0 Å². The summed E-state index contributed by atoms with van der Waals surface area (Å²) in [5.41, 5.74) is -0.000199. The number of hydrogen-bond acceptors (Lipinski definition) is 3. The summed E-state index contributed by atoms with van der Waals surface area (Å²) in [4.78, 5) is 14.4. The summed E-state index contributed by atoms with van der Waals surface area (Å²) >= 11 is 0. The summed E-state index contributed by atoms with van der Waals surface area (Å²) in [6.45, 7) is 2.70. The van der Waals surface area contributed by atoms with Crippen LogP contribution in [0.3, 0.4) is 0 Å². The van der Waals surface area contributed by atoms with E-state index in [1.165, 1.54) is 18.2 Å². The lowest BCUT2D eigenvalue weighted by Gasteiger charge is -2.29. The Balaban J connectivity index is 1.80. The zero-order chi connectivity index (χ0) is 17.9. The number of ether oxygens (including phenoxy) is 1. The summed E-state index contributed by atoms with van der Waals surface area (Å²) in [6, 6.07) is 11.8. The largest absolute Gasteiger partial charge is 0.417 e. The topological polar surface area (TPSA) is 41.6 Å². The predicted molar refractivity (Wildman–Crippen MR) is 88.9 cm³/mol. The van der Waals surface area contributed by atoms with E-state index < -0.39 is 23.2 Å². The Labute approximate surface area is 143 Å². The zero-order valence-corrected chi connectivity index (χ0v) is 13.3. The molecule has 0 aliphatic carbocycles. The molecule has 1 heterocycles. The second-order valence-corrected chi connectivity index (χ2v) is 5.65. The Morgan fingerprint density at radius 2 is 1.76 bits per heavy atom. The van der Waals surface area contributed by atoms with Crippen molar-refractivity contribution in [3.63, 3.8) is 0 Å². The average molecular weight is 350 g/mol. The molecule has 1 fully saturated rings. The van der Waals surface area contributed by atoms with E-state index in [0.29, 0.717) is 18.9 Å². The van der Waals surface area contributed by atoms with Crippen LogP contribution in [-0.4, -0.2) is 32.2 Å². The van der Waals surface area contributed by atoms with Crippen molar-refractivity contribution in [1.82, 2.24) is 0 Å². The number of anilines is 2. The Kier molecular flexibility index (Phi) is 4.94. The molecule has 1 saturated heterocycles. The van der Waals surface area contributed by atoms with Crippen molar-refractivity contribution in [3.05, 3.63) is 59.7 Å². The number of halogens is 3. The van der Waals surface area contributed by atoms with Crippen molar-refractivity contribution in [1.29, 1.82) is 0 Å². The molecule has 0 bridgehead atoms. The van der Waals surface area contributed by atoms with Gasteiger partial charge in [0, 0.05) is 24.5 Å². The van der Waals surface area contributed by atoms with Gasteiger partial charge in [-0.15, -0.1) is 0 Å². The van der Waals surface area contributed by atoms with Crippen LogP contribution in [0.4, 0.5) is 24.5 Å². The number of alkyl halides is 3. The van der Waals surface area contributed by atoms with Gasteiger partial charge < -0.3 is 15.0 Å². The number of nitrogens with zero attached hydrogens (tertiary/aromatic N) is 1. The van der Waals surface area contributed by atoms with Gasteiger partial charge in [0.05, 0.1) is 24.3 Å². The quantitative estimate of drug-likeness (QED) is 0.916. The summed E-state index contributed by atoms with van der Waals surface area (Å²) in [5.74, 6) is -0.785. The maximum absolute atomic E-state index is 13.1.